The van der Waals surface area contributed by atoms with Crippen LogP contribution in [-0.4, -0.2) is 29.7 Å². The molecular weight excluding hydrogens is 448 g/mol. The molecule has 0 saturated carbocycles. The maximum absolute atomic E-state index is 15.0. The second-order valence-electron chi connectivity index (χ2n) is 7.97. The van der Waals surface area contributed by atoms with Gasteiger partial charge in [-0.25, -0.2) is 17.8 Å². The number of fused-ring (bicyclic) bond motifs is 2. The second-order valence-corrected chi connectivity index (χ2v) is 9.62. The van der Waals surface area contributed by atoms with Crippen molar-refractivity contribution >= 4 is 26.7 Å². The van der Waals surface area contributed by atoms with E-state index in [4.69, 9.17) is 0 Å². The number of nitrogens with zero attached hydrogens (tertiary/aromatic N) is 3. The summed E-state index contributed by atoms with van der Waals surface area (Å²) in [7, 11) is -4.33. The van der Waals surface area contributed by atoms with Gasteiger partial charge in [-0.2, -0.15) is 9.49 Å². The van der Waals surface area contributed by atoms with Gasteiger partial charge >= 0.3 is 0 Å². The predicted octanol–water partition coefficient (Wildman–Crippen LogP) is 3.77. The maximum Gasteiger partial charge on any atom is 0.265 e. The first-order valence-electron chi connectivity index (χ1n) is 10.5. The smallest absolute Gasteiger partial charge is 0.265 e. The number of sulfonamides is 1. The summed E-state index contributed by atoms with van der Waals surface area (Å²) in [6.45, 7) is 3.67. The van der Waals surface area contributed by atoms with Crippen molar-refractivity contribution in [1.82, 2.24) is 20.1 Å². The van der Waals surface area contributed by atoms with Crippen LogP contribution >= 0.6 is 0 Å². The van der Waals surface area contributed by atoms with Gasteiger partial charge in [0.1, 0.15) is 16.5 Å². The zero-order valence-electron chi connectivity index (χ0n) is 17.7. The Hall–Kier alpha value is -3.37. The number of nitrogens with one attached hydrogen (secondary N) is 2. The lowest BCUT2D eigenvalue weighted by Gasteiger charge is -2.24. The first-order chi connectivity index (χ1) is 15.8. The van der Waals surface area contributed by atoms with Gasteiger partial charge in [0.25, 0.3) is 10.0 Å². The van der Waals surface area contributed by atoms with Gasteiger partial charge in [0, 0.05) is 18.0 Å². The van der Waals surface area contributed by atoms with Crippen LogP contribution < -0.4 is 10.0 Å². The number of rotatable bonds is 5. The van der Waals surface area contributed by atoms with Crippen molar-refractivity contribution in [3.8, 4) is 0 Å². The van der Waals surface area contributed by atoms with Crippen molar-refractivity contribution in [1.29, 1.82) is 0 Å². The Labute approximate surface area is 189 Å². The SMILES string of the molecule is C[C@H](c1cccc2c1CNCC2)n1ncc2cc(S(=O)(=O)Nc3cccc(F)n3)c(F)cc21. The largest absolute Gasteiger partial charge is 0.312 e. The highest BCUT2D eigenvalue weighted by Crippen LogP contribution is 2.31. The molecule has 0 bridgehead atoms. The summed E-state index contributed by atoms with van der Waals surface area (Å²) in [4.78, 5) is 2.91. The first-order valence-corrected chi connectivity index (χ1v) is 12.0. The third kappa shape index (κ3) is 3.96. The van der Waals surface area contributed by atoms with E-state index in [0.29, 0.717) is 10.9 Å². The molecule has 2 aromatic carbocycles. The molecule has 1 atom stereocenters. The monoisotopic (exact) mass is 469 g/mol. The van der Waals surface area contributed by atoms with E-state index in [0.717, 1.165) is 31.1 Å². The van der Waals surface area contributed by atoms with E-state index in [-0.39, 0.29) is 11.9 Å². The summed E-state index contributed by atoms with van der Waals surface area (Å²) in [5, 5.41) is 8.29. The molecule has 4 aromatic rings. The molecule has 0 fully saturated rings. The van der Waals surface area contributed by atoms with Gasteiger partial charge in [-0.15, -0.1) is 0 Å². The third-order valence-corrected chi connectivity index (χ3v) is 7.26. The number of anilines is 1. The third-order valence-electron chi connectivity index (χ3n) is 5.89. The average molecular weight is 470 g/mol. The van der Waals surface area contributed by atoms with Crippen LogP contribution in [0.5, 0.6) is 0 Å². The molecule has 2 aromatic heterocycles. The van der Waals surface area contributed by atoms with Crippen molar-refractivity contribution in [3.05, 3.63) is 83.2 Å². The molecule has 7 nitrogen and oxygen atoms in total. The Kier molecular flexibility index (Phi) is 5.34. The molecule has 1 aliphatic rings. The molecule has 0 amide bonds. The lowest BCUT2D eigenvalue weighted by Crippen LogP contribution is -2.26. The van der Waals surface area contributed by atoms with Crippen LogP contribution in [0.1, 0.15) is 29.7 Å². The topological polar surface area (TPSA) is 88.9 Å². The molecule has 0 aliphatic carbocycles. The van der Waals surface area contributed by atoms with Crippen LogP contribution in [0.4, 0.5) is 14.6 Å². The Morgan fingerprint density at radius 2 is 1.97 bits per heavy atom. The fraction of sp³-hybridized carbons (Fsp3) is 0.217. The van der Waals surface area contributed by atoms with E-state index in [1.165, 1.54) is 41.6 Å². The number of hydrogen-bond acceptors (Lipinski definition) is 5. The summed E-state index contributed by atoms with van der Waals surface area (Å²) in [5.41, 5.74) is 4.06. The van der Waals surface area contributed by atoms with Crippen molar-refractivity contribution in [2.75, 3.05) is 11.3 Å². The van der Waals surface area contributed by atoms with Crippen LogP contribution in [0.25, 0.3) is 10.9 Å². The standard InChI is InChI=1S/C23H21F2N5O2S/c1-14(17-5-2-4-15-8-9-26-13-18(15)17)30-20-11-19(24)21(10-16(20)12-27-30)33(31,32)29-23-7-3-6-22(25)28-23/h2-7,10-12,14,26H,8-9,13H2,1H3,(H,28,29)/t14-/m1/s1. The van der Waals surface area contributed by atoms with Crippen molar-refractivity contribution in [2.45, 2.75) is 30.8 Å². The number of pyridine rings is 1. The van der Waals surface area contributed by atoms with E-state index in [2.05, 4.69) is 26.2 Å². The number of aromatic nitrogens is 3. The minimum atomic E-state index is -4.33. The number of hydrogen-bond donors (Lipinski definition) is 2. The first kappa shape index (κ1) is 21.5. The predicted molar refractivity (Wildman–Crippen MR) is 120 cm³/mol. The van der Waals surface area contributed by atoms with Crippen LogP contribution in [0, 0.1) is 11.8 Å². The molecule has 2 N–H and O–H groups in total. The van der Waals surface area contributed by atoms with Crippen molar-refractivity contribution < 1.29 is 17.2 Å². The summed E-state index contributed by atoms with van der Waals surface area (Å²) in [6, 6.07) is 12.0. The highest BCUT2D eigenvalue weighted by molar-refractivity contribution is 7.92. The van der Waals surface area contributed by atoms with E-state index >= 15 is 4.39 Å². The molecule has 0 radical (unpaired) electrons. The number of halogens is 2. The highest BCUT2D eigenvalue weighted by atomic mass is 32.2. The summed E-state index contributed by atoms with van der Waals surface area (Å²) in [6.07, 6.45) is 2.46. The van der Waals surface area contributed by atoms with Crippen LogP contribution in [0.15, 0.2) is 59.6 Å². The van der Waals surface area contributed by atoms with Gasteiger partial charge in [-0.05, 0) is 54.8 Å². The van der Waals surface area contributed by atoms with Gasteiger partial charge in [-0.3, -0.25) is 9.40 Å². The van der Waals surface area contributed by atoms with Gasteiger partial charge in [0.05, 0.1) is 17.8 Å². The molecule has 1 aliphatic heterocycles. The Morgan fingerprint density at radius 3 is 2.79 bits per heavy atom. The summed E-state index contributed by atoms with van der Waals surface area (Å²) >= 11 is 0. The molecule has 3 heterocycles. The molecule has 5 rings (SSSR count). The maximum atomic E-state index is 15.0. The average Bonchev–Trinajstić information content (AvgIpc) is 3.20. The van der Waals surface area contributed by atoms with Crippen molar-refractivity contribution in [2.24, 2.45) is 0 Å². The molecule has 170 valence electrons. The zero-order chi connectivity index (χ0) is 23.2. The molecular formula is C23H21F2N5O2S. The Balaban J connectivity index is 1.53. The van der Waals surface area contributed by atoms with Gasteiger partial charge in [-0.1, -0.05) is 24.3 Å². The van der Waals surface area contributed by atoms with Gasteiger partial charge in [0.2, 0.25) is 5.95 Å². The fourth-order valence-electron chi connectivity index (χ4n) is 4.28. The molecule has 10 heteroatoms. The van der Waals surface area contributed by atoms with Crippen LogP contribution in [-0.2, 0) is 23.0 Å². The van der Waals surface area contributed by atoms with E-state index < -0.39 is 26.7 Å². The molecule has 0 saturated heterocycles. The minimum absolute atomic E-state index is 0.186. The normalized spacial score (nSPS) is 14.8. The highest BCUT2D eigenvalue weighted by Gasteiger charge is 2.24. The lowest BCUT2D eigenvalue weighted by molar-refractivity contribution is 0.556. The lowest BCUT2D eigenvalue weighted by atomic mass is 9.92. The quantitative estimate of drug-likeness (QED) is 0.435. The number of benzene rings is 2. The van der Waals surface area contributed by atoms with E-state index in [1.54, 1.807) is 4.68 Å². The summed E-state index contributed by atoms with van der Waals surface area (Å²) < 4.78 is 57.7. The fourth-order valence-corrected chi connectivity index (χ4v) is 5.38. The van der Waals surface area contributed by atoms with Crippen molar-refractivity contribution in [3.63, 3.8) is 0 Å². The van der Waals surface area contributed by atoms with Gasteiger partial charge in [0.15, 0.2) is 0 Å². The summed E-state index contributed by atoms with van der Waals surface area (Å²) in [5.74, 6) is -2.02. The second kappa shape index (κ2) is 8.20. The minimum Gasteiger partial charge on any atom is -0.312 e. The molecule has 0 spiro atoms. The molecule has 0 unspecified atom stereocenters. The Bertz CT molecular complexity index is 1470. The van der Waals surface area contributed by atoms with E-state index in [9.17, 15) is 12.8 Å². The Morgan fingerprint density at radius 1 is 1.15 bits per heavy atom. The molecule has 33 heavy (non-hydrogen) atoms. The zero-order valence-corrected chi connectivity index (χ0v) is 18.5. The van der Waals surface area contributed by atoms with E-state index in [1.807, 2.05) is 19.1 Å². The van der Waals surface area contributed by atoms with Crippen LogP contribution in [0.3, 0.4) is 0 Å². The van der Waals surface area contributed by atoms with Crippen LogP contribution in [0.2, 0.25) is 0 Å². The van der Waals surface area contributed by atoms with Gasteiger partial charge < -0.3 is 5.32 Å².